The van der Waals surface area contributed by atoms with Gasteiger partial charge in [0.25, 0.3) is 0 Å². The summed E-state index contributed by atoms with van der Waals surface area (Å²) in [7, 11) is 1.63. The first-order chi connectivity index (χ1) is 12.1. The molecule has 1 heterocycles. The molecule has 0 aliphatic heterocycles. The predicted octanol–water partition coefficient (Wildman–Crippen LogP) is 2.79. The molecule has 0 unspecified atom stereocenters. The van der Waals surface area contributed by atoms with Crippen molar-refractivity contribution < 1.29 is 14.3 Å². The lowest BCUT2D eigenvalue weighted by atomic mass is 10.2. The maximum absolute atomic E-state index is 12.0. The van der Waals surface area contributed by atoms with E-state index in [0.717, 1.165) is 12.0 Å². The van der Waals surface area contributed by atoms with Crippen LogP contribution < -0.4 is 16.0 Å². The average molecular weight is 362 g/mol. The molecule has 134 valence electrons. The number of hydrogen-bond acceptors (Lipinski definition) is 5. The van der Waals surface area contributed by atoms with Gasteiger partial charge in [0.15, 0.2) is 5.13 Å². The number of amides is 3. The normalized spacial score (nSPS) is 10.3. The number of thiazole rings is 1. The Morgan fingerprint density at radius 2 is 2.12 bits per heavy atom. The minimum absolute atomic E-state index is 0.0998. The zero-order valence-electron chi connectivity index (χ0n) is 14.3. The monoisotopic (exact) mass is 362 g/mol. The van der Waals surface area contributed by atoms with Gasteiger partial charge in [0, 0.05) is 31.3 Å². The number of nitrogens with one attached hydrogen (secondary N) is 3. The Labute approximate surface area is 150 Å². The van der Waals surface area contributed by atoms with E-state index in [0.29, 0.717) is 29.7 Å². The second-order valence-electron chi connectivity index (χ2n) is 5.47. The third-order valence-electron chi connectivity index (χ3n) is 3.24. The smallest absolute Gasteiger partial charge is 0.325 e. The molecule has 0 fully saturated rings. The molecule has 2 aromatic rings. The first-order valence-electron chi connectivity index (χ1n) is 7.91. The zero-order valence-corrected chi connectivity index (χ0v) is 15.1. The van der Waals surface area contributed by atoms with Crippen molar-refractivity contribution in [2.24, 2.45) is 0 Å². The van der Waals surface area contributed by atoms with Gasteiger partial charge in [-0.1, -0.05) is 12.1 Å². The lowest BCUT2D eigenvalue weighted by molar-refractivity contribution is -0.120. The predicted molar refractivity (Wildman–Crippen MR) is 99.1 cm³/mol. The van der Waals surface area contributed by atoms with Crippen LogP contribution in [-0.2, 0) is 16.0 Å². The van der Waals surface area contributed by atoms with Gasteiger partial charge in [-0.25, -0.2) is 9.78 Å². The van der Waals surface area contributed by atoms with Crippen molar-refractivity contribution in [1.82, 2.24) is 10.3 Å². The second-order valence-corrected chi connectivity index (χ2v) is 6.32. The van der Waals surface area contributed by atoms with Crippen LogP contribution in [0.25, 0.3) is 0 Å². The summed E-state index contributed by atoms with van der Waals surface area (Å²) in [4.78, 5) is 28.0. The fourth-order valence-electron chi connectivity index (χ4n) is 2.10. The SMILES string of the molecule is COCCCNC(=O)Cc1csc(NC(=O)Nc2cccc(C)c2)n1. The number of aromatic nitrogens is 1. The quantitative estimate of drug-likeness (QED) is 0.630. The van der Waals surface area contributed by atoms with E-state index in [-0.39, 0.29) is 18.4 Å². The van der Waals surface area contributed by atoms with Crippen molar-refractivity contribution in [2.75, 3.05) is 30.9 Å². The van der Waals surface area contributed by atoms with Crippen LogP contribution in [0.4, 0.5) is 15.6 Å². The van der Waals surface area contributed by atoms with Gasteiger partial charge >= 0.3 is 6.03 Å². The molecule has 0 radical (unpaired) electrons. The Morgan fingerprint density at radius 3 is 2.88 bits per heavy atom. The Kier molecular flexibility index (Phi) is 7.36. The highest BCUT2D eigenvalue weighted by Crippen LogP contribution is 2.17. The number of hydrogen-bond donors (Lipinski definition) is 3. The van der Waals surface area contributed by atoms with Crippen LogP contribution >= 0.6 is 11.3 Å². The molecule has 25 heavy (non-hydrogen) atoms. The summed E-state index contributed by atoms with van der Waals surface area (Å²) >= 11 is 1.28. The van der Waals surface area contributed by atoms with Gasteiger partial charge in [0.05, 0.1) is 12.1 Å². The van der Waals surface area contributed by atoms with Crippen LogP contribution in [0.2, 0.25) is 0 Å². The van der Waals surface area contributed by atoms with Crippen LogP contribution in [0, 0.1) is 6.92 Å². The minimum atomic E-state index is -0.365. The molecule has 0 bridgehead atoms. The van der Waals surface area contributed by atoms with Crippen LogP contribution in [0.15, 0.2) is 29.6 Å². The van der Waals surface area contributed by atoms with Crippen molar-refractivity contribution in [3.8, 4) is 0 Å². The molecule has 2 rings (SSSR count). The van der Waals surface area contributed by atoms with E-state index in [1.807, 2.05) is 31.2 Å². The molecule has 7 nitrogen and oxygen atoms in total. The van der Waals surface area contributed by atoms with Gasteiger partial charge in [0.1, 0.15) is 0 Å². The highest BCUT2D eigenvalue weighted by molar-refractivity contribution is 7.13. The summed E-state index contributed by atoms with van der Waals surface area (Å²) in [5.41, 5.74) is 2.40. The summed E-state index contributed by atoms with van der Waals surface area (Å²) < 4.78 is 4.92. The Balaban J connectivity index is 1.78. The van der Waals surface area contributed by atoms with Crippen LogP contribution in [0.3, 0.4) is 0 Å². The summed E-state index contributed by atoms with van der Waals surface area (Å²) in [5, 5.41) is 10.4. The van der Waals surface area contributed by atoms with Crippen molar-refractivity contribution >= 4 is 34.1 Å². The third-order valence-corrected chi connectivity index (χ3v) is 4.04. The number of aryl methyl sites for hydroxylation is 1. The van der Waals surface area contributed by atoms with Gasteiger partial charge in [-0.3, -0.25) is 10.1 Å². The molecule has 8 heteroatoms. The number of carbonyl (C=O) groups excluding carboxylic acids is 2. The Hall–Kier alpha value is -2.45. The Morgan fingerprint density at radius 1 is 1.28 bits per heavy atom. The lowest BCUT2D eigenvalue weighted by Crippen LogP contribution is -2.26. The number of anilines is 2. The third kappa shape index (κ3) is 6.90. The zero-order chi connectivity index (χ0) is 18.1. The van der Waals surface area contributed by atoms with E-state index in [1.165, 1.54) is 11.3 Å². The van der Waals surface area contributed by atoms with Gasteiger partial charge in [-0.05, 0) is 31.0 Å². The minimum Gasteiger partial charge on any atom is -0.385 e. The van der Waals surface area contributed by atoms with Gasteiger partial charge < -0.3 is 15.4 Å². The summed E-state index contributed by atoms with van der Waals surface area (Å²) in [6.45, 7) is 3.14. The topological polar surface area (TPSA) is 92.4 Å². The van der Waals surface area contributed by atoms with Gasteiger partial charge in [0.2, 0.25) is 5.91 Å². The fourth-order valence-corrected chi connectivity index (χ4v) is 2.80. The first kappa shape index (κ1) is 18.9. The van der Waals surface area contributed by atoms with E-state index in [2.05, 4.69) is 20.9 Å². The van der Waals surface area contributed by atoms with Gasteiger partial charge in [-0.2, -0.15) is 0 Å². The molecule has 0 aliphatic carbocycles. The molecule has 0 spiro atoms. The molecule has 3 N–H and O–H groups in total. The summed E-state index contributed by atoms with van der Waals surface area (Å²) in [6.07, 6.45) is 0.954. The van der Waals surface area contributed by atoms with E-state index in [9.17, 15) is 9.59 Å². The molecular weight excluding hydrogens is 340 g/mol. The molecule has 0 saturated carbocycles. The average Bonchev–Trinajstić information content (AvgIpc) is 2.98. The molecule has 3 amide bonds. The van der Waals surface area contributed by atoms with Crippen LogP contribution in [-0.4, -0.2) is 37.2 Å². The molecule has 0 atom stereocenters. The summed E-state index contributed by atoms with van der Waals surface area (Å²) in [5.74, 6) is -0.0998. The molecule has 1 aromatic carbocycles. The van der Waals surface area contributed by atoms with E-state index < -0.39 is 0 Å². The lowest BCUT2D eigenvalue weighted by Gasteiger charge is -2.06. The second kappa shape index (κ2) is 9.75. The number of nitrogens with zero attached hydrogens (tertiary/aromatic N) is 1. The number of rotatable bonds is 8. The van der Waals surface area contributed by atoms with Crippen molar-refractivity contribution in [1.29, 1.82) is 0 Å². The fraction of sp³-hybridized carbons (Fsp3) is 0.353. The van der Waals surface area contributed by atoms with E-state index >= 15 is 0 Å². The largest absolute Gasteiger partial charge is 0.385 e. The number of carbonyl (C=O) groups is 2. The maximum Gasteiger partial charge on any atom is 0.325 e. The standard InChI is InChI=1S/C17H22N4O3S/c1-12-5-3-6-13(9-12)19-16(23)21-17-20-14(11-25-17)10-15(22)18-7-4-8-24-2/h3,5-6,9,11H,4,7-8,10H2,1-2H3,(H,18,22)(H2,19,20,21,23). The van der Waals surface area contributed by atoms with E-state index in [4.69, 9.17) is 4.74 Å². The van der Waals surface area contributed by atoms with Crippen LogP contribution in [0.5, 0.6) is 0 Å². The highest BCUT2D eigenvalue weighted by atomic mass is 32.1. The number of methoxy groups -OCH3 is 1. The molecule has 0 aliphatic rings. The van der Waals surface area contributed by atoms with Gasteiger partial charge in [-0.15, -0.1) is 11.3 Å². The first-order valence-corrected chi connectivity index (χ1v) is 8.79. The summed E-state index contributed by atoms with van der Waals surface area (Å²) in [6, 6.07) is 7.15. The van der Waals surface area contributed by atoms with Crippen molar-refractivity contribution in [3.05, 3.63) is 40.9 Å². The van der Waals surface area contributed by atoms with Crippen LogP contribution in [0.1, 0.15) is 17.7 Å². The molecule has 0 saturated heterocycles. The number of benzene rings is 1. The number of ether oxygens (including phenoxy) is 1. The molecular formula is C17H22N4O3S. The van der Waals surface area contributed by atoms with E-state index in [1.54, 1.807) is 12.5 Å². The highest BCUT2D eigenvalue weighted by Gasteiger charge is 2.10. The van der Waals surface area contributed by atoms with Crippen molar-refractivity contribution in [2.45, 2.75) is 19.8 Å². The maximum atomic E-state index is 12.0. The molecule has 1 aromatic heterocycles. The van der Waals surface area contributed by atoms with Crippen molar-refractivity contribution in [3.63, 3.8) is 0 Å². The Bertz CT molecular complexity index is 717. The number of urea groups is 1.